The van der Waals surface area contributed by atoms with E-state index >= 15 is 0 Å². The van der Waals surface area contributed by atoms with Gasteiger partial charge in [0.15, 0.2) is 0 Å². The summed E-state index contributed by atoms with van der Waals surface area (Å²) < 4.78 is 0. The lowest BCUT2D eigenvalue weighted by Gasteiger charge is -2.36. The third-order valence-corrected chi connectivity index (χ3v) is 4.48. The van der Waals surface area contributed by atoms with Crippen molar-refractivity contribution in [2.75, 3.05) is 39.8 Å². The molecule has 2 aliphatic rings. The lowest BCUT2D eigenvalue weighted by Crippen LogP contribution is -2.50. The van der Waals surface area contributed by atoms with Crippen molar-refractivity contribution in [1.82, 2.24) is 15.1 Å². The van der Waals surface area contributed by atoms with Crippen LogP contribution in [0.15, 0.2) is 0 Å². The van der Waals surface area contributed by atoms with E-state index in [0.717, 1.165) is 45.6 Å². The molecule has 0 aromatic heterocycles. The highest BCUT2D eigenvalue weighted by molar-refractivity contribution is 5.82. The molecule has 2 rings (SSSR count). The minimum absolute atomic E-state index is 0.174. The van der Waals surface area contributed by atoms with Crippen LogP contribution in [0.3, 0.4) is 0 Å². The standard InChI is InChI=1S/C15H29N3O/c1-3-8-17-9-5-7-14(17)15(19)18-10-4-6-13(12-18)11-16-2/h13-14,16H,3-12H2,1-2H3/t13-,14-/m1/s1. The van der Waals surface area contributed by atoms with Gasteiger partial charge >= 0.3 is 0 Å². The number of hydrogen-bond donors (Lipinski definition) is 1. The molecule has 2 fully saturated rings. The van der Waals surface area contributed by atoms with Crippen molar-refractivity contribution in [2.45, 2.75) is 45.1 Å². The third kappa shape index (κ3) is 3.69. The number of piperidine rings is 1. The maximum Gasteiger partial charge on any atom is 0.239 e. The van der Waals surface area contributed by atoms with Gasteiger partial charge in [-0.05, 0) is 64.7 Å². The quantitative estimate of drug-likeness (QED) is 0.816. The molecule has 0 radical (unpaired) electrons. The molecule has 2 saturated heterocycles. The maximum atomic E-state index is 12.7. The van der Waals surface area contributed by atoms with Crippen LogP contribution in [0, 0.1) is 5.92 Å². The van der Waals surface area contributed by atoms with Crippen molar-refractivity contribution in [2.24, 2.45) is 5.92 Å². The van der Waals surface area contributed by atoms with Crippen LogP contribution < -0.4 is 5.32 Å². The number of nitrogens with one attached hydrogen (secondary N) is 1. The number of hydrogen-bond acceptors (Lipinski definition) is 3. The SMILES string of the molecule is CCCN1CCC[C@@H]1C(=O)N1CCC[C@H](CNC)C1. The van der Waals surface area contributed by atoms with Crippen molar-refractivity contribution in [3.8, 4) is 0 Å². The minimum Gasteiger partial charge on any atom is -0.341 e. The summed E-state index contributed by atoms with van der Waals surface area (Å²) in [6.07, 6.45) is 5.81. The molecule has 4 heteroatoms. The van der Waals surface area contributed by atoms with E-state index in [1.807, 2.05) is 7.05 Å². The highest BCUT2D eigenvalue weighted by Crippen LogP contribution is 2.23. The van der Waals surface area contributed by atoms with Gasteiger partial charge in [0.25, 0.3) is 0 Å². The summed E-state index contributed by atoms with van der Waals surface area (Å²) in [6.45, 7) is 7.34. The Morgan fingerprint density at radius 2 is 2.05 bits per heavy atom. The number of carbonyl (C=O) groups excluding carboxylic acids is 1. The fourth-order valence-corrected chi connectivity index (χ4v) is 3.59. The molecule has 4 nitrogen and oxygen atoms in total. The van der Waals surface area contributed by atoms with Gasteiger partial charge in [-0.1, -0.05) is 6.92 Å². The fourth-order valence-electron chi connectivity index (χ4n) is 3.59. The first-order valence-electron chi connectivity index (χ1n) is 7.93. The van der Waals surface area contributed by atoms with Crippen LogP contribution in [-0.2, 0) is 4.79 Å². The van der Waals surface area contributed by atoms with Crippen molar-refractivity contribution >= 4 is 5.91 Å². The molecule has 1 amide bonds. The van der Waals surface area contributed by atoms with Gasteiger partial charge in [0.2, 0.25) is 5.91 Å². The van der Waals surface area contributed by atoms with E-state index < -0.39 is 0 Å². The largest absolute Gasteiger partial charge is 0.341 e. The van der Waals surface area contributed by atoms with E-state index in [9.17, 15) is 4.79 Å². The van der Waals surface area contributed by atoms with E-state index in [1.165, 1.54) is 19.3 Å². The average Bonchev–Trinajstić information content (AvgIpc) is 2.87. The predicted octanol–water partition coefficient (Wildman–Crippen LogP) is 1.32. The summed E-state index contributed by atoms with van der Waals surface area (Å²) in [7, 11) is 2.00. The smallest absolute Gasteiger partial charge is 0.239 e. The Morgan fingerprint density at radius 3 is 2.79 bits per heavy atom. The molecular weight excluding hydrogens is 238 g/mol. The second-order valence-corrected chi connectivity index (χ2v) is 6.04. The Morgan fingerprint density at radius 1 is 1.26 bits per heavy atom. The number of nitrogens with zero attached hydrogens (tertiary/aromatic N) is 2. The van der Waals surface area contributed by atoms with Gasteiger partial charge in [0, 0.05) is 13.1 Å². The summed E-state index contributed by atoms with van der Waals surface area (Å²) in [5, 5.41) is 3.25. The summed E-state index contributed by atoms with van der Waals surface area (Å²) in [5.74, 6) is 1.04. The van der Waals surface area contributed by atoms with Gasteiger partial charge in [-0.2, -0.15) is 0 Å². The first kappa shape index (κ1) is 14.8. The first-order chi connectivity index (χ1) is 9.26. The highest BCUT2D eigenvalue weighted by Gasteiger charge is 2.34. The van der Waals surface area contributed by atoms with Crippen LogP contribution in [-0.4, -0.2) is 61.5 Å². The molecule has 0 saturated carbocycles. The van der Waals surface area contributed by atoms with Crippen LogP contribution >= 0.6 is 0 Å². The van der Waals surface area contributed by atoms with Gasteiger partial charge in [0.05, 0.1) is 6.04 Å². The van der Waals surface area contributed by atoms with Gasteiger partial charge < -0.3 is 10.2 Å². The monoisotopic (exact) mass is 267 g/mol. The molecule has 0 spiro atoms. The van der Waals surface area contributed by atoms with Crippen molar-refractivity contribution in [3.05, 3.63) is 0 Å². The minimum atomic E-state index is 0.174. The van der Waals surface area contributed by atoms with E-state index in [2.05, 4.69) is 22.0 Å². The summed E-state index contributed by atoms with van der Waals surface area (Å²) in [6, 6.07) is 0.174. The summed E-state index contributed by atoms with van der Waals surface area (Å²) in [4.78, 5) is 17.2. The number of rotatable bonds is 5. The normalized spacial score (nSPS) is 28.8. The average molecular weight is 267 g/mol. The van der Waals surface area contributed by atoms with Crippen LogP contribution in [0.4, 0.5) is 0 Å². The van der Waals surface area contributed by atoms with Crippen LogP contribution in [0.1, 0.15) is 39.0 Å². The number of amides is 1. The molecule has 2 heterocycles. The van der Waals surface area contributed by atoms with Crippen LogP contribution in [0.5, 0.6) is 0 Å². The Labute approximate surface area is 117 Å². The summed E-state index contributed by atoms with van der Waals surface area (Å²) in [5.41, 5.74) is 0. The van der Waals surface area contributed by atoms with E-state index in [-0.39, 0.29) is 6.04 Å². The summed E-state index contributed by atoms with van der Waals surface area (Å²) >= 11 is 0. The lowest BCUT2D eigenvalue weighted by atomic mass is 9.97. The predicted molar refractivity (Wildman–Crippen MR) is 78.1 cm³/mol. The van der Waals surface area contributed by atoms with E-state index in [0.29, 0.717) is 11.8 Å². The van der Waals surface area contributed by atoms with E-state index in [4.69, 9.17) is 0 Å². The molecule has 0 aliphatic carbocycles. The van der Waals surface area contributed by atoms with E-state index in [1.54, 1.807) is 0 Å². The third-order valence-electron chi connectivity index (χ3n) is 4.48. The zero-order chi connectivity index (χ0) is 13.7. The van der Waals surface area contributed by atoms with Gasteiger partial charge in [-0.3, -0.25) is 9.69 Å². The Balaban J connectivity index is 1.91. The molecule has 0 bridgehead atoms. The number of likely N-dealkylation sites (tertiary alicyclic amines) is 2. The molecule has 0 unspecified atom stereocenters. The molecule has 19 heavy (non-hydrogen) atoms. The molecule has 0 aromatic rings. The molecule has 2 atom stereocenters. The molecule has 1 N–H and O–H groups in total. The zero-order valence-electron chi connectivity index (χ0n) is 12.5. The lowest BCUT2D eigenvalue weighted by molar-refractivity contribution is -0.137. The number of carbonyl (C=O) groups is 1. The van der Waals surface area contributed by atoms with Gasteiger partial charge in [-0.25, -0.2) is 0 Å². The first-order valence-corrected chi connectivity index (χ1v) is 7.93. The second kappa shape index (κ2) is 7.25. The molecular formula is C15H29N3O. The van der Waals surface area contributed by atoms with Crippen molar-refractivity contribution in [1.29, 1.82) is 0 Å². The molecule has 2 aliphatic heterocycles. The zero-order valence-corrected chi connectivity index (χ0v) is 12.5. The Bertz CT molecular complexity index is 293. The Kier molecular flexibility index (Phi) is 5.64. The van der Waals surface area contributed by atoms with Gasteiger partial charge in [-0.15, -0.1) is 0 Å². The van der Waals surface area contributed by atoms with Crippen molar-refractivity contribution in [3.63, 3.8) is 0 Å². The fraction of sp³-hybridized carbons (Fsp3) is 0.933. The maximum absolute atomic E-state index is 12.7. The Hall–Kier alpha value is -0.610. The highest BCUT2D eigenvalue weighted by atomic mass is 16.2. The van der Waals surface area contributed by atoms with Crippen LogP contribution in [0.25, 0.3) is 0 Å². The molecule has 110 valence electrons. The van der Waals surface area contributed by atoms with Gasteiger partial charge in [0.1, 0.15) is 0 Å². The second-order valence-electron chi connectivity index (χ2n) is 6.04. The van der Waals surface area contributed by atoms with Crippen LogP contribution in [0.2, 0.25) is 0 Å². The molecule has 0 aromatic carbocycles. The van der Waals surface area contributed by atoms with Crippen molar-refractivity contribution < 1.29 is 4.79 Å². The topological polar surface area (TPSA) is 35.6 Å².